The van der Waals surface area contributed by atoms with E-state index >= 15 is 4.39 Å². The average Bonchev–Trinajstić information content (AvgIpc) is 2.84. The number of rotatable bonds is 7. The second-order valence-electron chi connectivity index (χ2n) is 9.30. The number of hydrogen-bond donors (Lipinski definition) is 1. The summed E-state index contributed by atoms with van der Waals surface area (Å²) in [7, 11) is -3.62. The molecular formula is C27H30ClFNO5P. The number of hydrogen-bond acceptors (Lipinski definition) is 6. The molecule has 1 aliphatic rings. The lowest BCUT2D eigenvalue weighted by Gasteiger charge is -2.30. The van der Waals surface area contributed by atoms with Crippen LogP contribution >= 0.6 is 19.2 Å². The summed E-state index contributed by atoms with van der Waals surface area (Å²) in [4.78, 5) is 4.56. The largest absolute Gasteiger partial charge is 0.506 e. The van der Waals surface area contributed by atoms with Gasteiger partial charge in [-0.05, 0) is 72.4 Å². The van der Waals surface area contributed by atoms with E-state index in [9.17, 15) is 9.67 Å². The molecule has 9 heteroatoms. The van der Waals surface area contributed by atoms with Gasteiger partial charge in [0, 0.05) is 23.6 Å². The van der Waals surface area contributed by atoms with Gasteiger partial charge in [0.05, 0.1) is 18.4 Å². The highest BCUT2D eigenvalue weighted by atomic mass is 35.5. The van der Waals surface area contributed by atoms with Crippen molar-refractivity contribution in [1.82, 2.24) is 4.98 Å². The lowest BCUT2D eigenvalue weighted by atomic mass is 9.96. The molecular weight excluding hydrogens is 504 g/mol. The minimum absolute atomic E-state index is 0.0115. The Bertz CT molecular complexity index is 1320. The van der Waals surface area contributed by atoms with Gasteiger partial charge >= 0.3 is 7.60 Å². The molecule has 4 rings (SSSR count). The van der Waals surface area contributed by atoms with Crippen LogP contribution in [0.2, 0.25) is 5.02 Å². The van der Waals surface area contributed by atoms with Crippen LogP contribution in [0.25, 0.3) is 0 Å². The normalized spacial score (nSPS) is 20.0. The molecule has 0 aliphatic carbocycles. The number of halogens is 2. The van der Waals surface area contributed by atoms with Crippen LogP contribution in [0.5, 0.6) is 11.5 Å². The maximum Gasteiger partial charge on any atom is 0.368 e. The molecule has 0 bridgehead atoms. The van der Waals surface area contributed by atoms with Crippen molar-refractivity contribution in [2.45, 2.75) is 52.6 Å². The second-order valence-corrected chi connectivity index (χ2v) is 11.7. The van der Waals surface area contributed by atoms with E-state index in [-0.39, 0.29) is 24.0 Å². The molecule has 0 spiro atoms. The molecule has 3 aromatic rings. The SMILES string of the molecule is Cc1cc(OCP2(=O)OCCC(c3cccc(Cl)c3)O2)c(F)c(C)c1Cc1ccc(O)c(C(C)C)n1. The van der Waals surface area contributed by atoms with Gasteiger partial charge in [0.25, 0.3) is 0 Å². The monoisotopic (exact) mass is 533 g/mol. The average molecular weight is 534 g/mol. The Hall–Kier alpha value is -2.44. The lowest BCUT2D eigenvalue weighted by Crippen LogP contribution is -2.17. The van der Waals surface area contributed by atoms with Crippen molar-refractivity contribution in [1.29, 1.82) is 0 Å². The number of nitrogens with zero attached hydrogens (tertiary/aromatic N) is 1. The molecule has 6 nitrogen and oxygen atoms in total. The van der Waals surface area contributed by atoms with Crippen molar-refractivity contribution in [2.24, 2.45) is 0 Å². The Morgan fingerprint density at radius 3 is 2.75 bits per heavy atom. The maximum atomic E-state index is 15.3. The first-order valence-corrected chi connectivity index (χ1v) is 13.9. The Kier molecular flexibility index (Phi) is 8.06. The maximum absolute atomic E-state index is 15.3. The molecule has 1 aliphatic heterocycles. The van der Waals surface area contributed by atoms with E-state index < -0.39 is 25.9 Å². The quantitative estimate of drug-likeness (QED) is 0.315. The van der Waals surface area contributed by atoms with Crippen LogP contribution < -0.4 is 4.74 Å². The van der Waals surface area contributed by atoms with Crippen LogP contribution in [-0.4, -0.2) is 23.0 Å². The first-order valence-electron chi connectivity index (χ1n) is 11.8. The molecule has 0 radical (unpaired) electrons. The summed E-state index contributed by atoms with van der Waals surface area (Å²) in [6, 6.07) is 12.1. The van der Waals surface area contributed by atoms with Crippen LogP contribution in [0.15, 0.2) is 42.5 Å². The zero-order valence-electron chi connectivity index (χ0n) is 20.8. The van der Waals surface area contributed by atoms with Crippen LogP contribution in [0.4, 0.5) is 4.39 Å². The second kappa shape index (κ2) is 10.9. The van der Waals surface area contributed by atoms with Gasteiger partial charge in [0.2, 0.25) is 0 Å². The van der Waals surface area contributed by atoms with E-state index in [4.69, 9.17) is 25.4 Å². The van der Waals surface area contributed by atoms with Crippen molar-refractivity contribution in [3.63, 3.8) is 0 Å². The highest BCUT2D eigenvalue weighted by molar-refractivity contribution is 7.53. The lowest BCUT2D eigenvalue weighted by molar-refractivity contribution is 0.0722. The third kappa shape index (κ3) is 5.92. The van der Waals surface area contributed by atoms with Crippen LogP contribution in [0, 0.1) is 19.7 Å². The molecule has 1 N–H and O–H groups in total. The molecule has 36 heavy (non-hydrogen) atoms. The first kappa shape index (κ1) is 26.6. The van der Waals surface area contributed by atoms with E-state index in [1.807, 2.05) is 26.8 Å². The zero-order chi connectivity index (χ0) is 26.0. The van der Waals surface area contributed by atoms with Crippen molar-refractivity contribution in [2.75, 3.05) is 13.0 Å². The number of aromatic hydroxyl groups is 1. The minimum atomic E-state index is -3.62. The van der Waals surface area contributed by atoms with Gasteiger partial charge < -0.3 is 14.4 Å². The molecule has 2 atom stereocenters. The van der Waals surface area contributed by atoms with E-state index in [1.54, 1.807) is 43.3 Å². The van der Waals surface area contributed by atoms with Gasteiger partial charge in [0.1, 0.15) is 5.75 Å². The molecule has 2 aromatic carbocycles. The third-order valence-corrected chi connectivity index (χ3v) is 8.07. The summed E-state index contributed by atoms with van der Waals surface area (Å²) in [5, 5.41) is 10.6. The fourth-order valence-electron chi connectivity index (χ4n) is 4.28. The molecule has 1 aromatic heterocycles. The predicted molar refractivity (Wildman–Crippen MR) is 138 cm³/mol. The van der Waals surface area contributed by atoms with Crippen LogP contribution in [0.1, 0.15) is 65.9 Å². The molecule has 2 unspecified atom stereocenters. The van der Waals surface area contributed by atoms with Gasteiger partial charge in [-0.25, -0.2) is 4.39 Å². The summed E-state index contributed by atoms with van der Waals surface area (Å²) in [5.41, 5.74) is 4.16. The highest BCUT2D eigenvalue weighted by Gasteiger charge is 2.35. The number of ether oxygens (including phenoxy) is 1. The van der Waals surface area contributed by atoms with Crippen LogP contribution in [-0.2, 0) is 20.0 Å². The van der Waals surface area contributed by atoms with Crippen LogP contribution in [0.3, 0.4) is 0 Å². The van der Waals surface area contributed by atoms with Gasteiger partial charge in [-0.2, -0.15) is 0 Å². The number of aryl methyl sites for hydroxylation is 1. The predicted octanol–water partition coefficient (Wildman–Crippen LogP) is 7.62. The van der Waals surface area contributed by atoms with Crippen molar-refractivity contribution >= 4 is 19.2 Å². The van der Waals surface area contributed by atoms with E-state index in [0.717, 1.165) is 22.4 Å². The fraction of sp³-hybridized carbons (Fsp3) is 0.370. The Balaban J connectivity index is 1.50. The Morgan fingerprint density at radius 1 is 1.25 bits per heavy atom. The molecule has 2 heterocycles. The number of pyridine rings is 1. The minimum Gasteiger partial charge on any atom is -0.506 e. The van der Waals surface area contributed by atoms with Gasteiger partial charge in [-0.1, -0.05) is 37.6 Å². The van der Waals surface area contributed by atoms with E-state index in [0.29, 0.717) is 29.1 Å². The van der Waals surface area contributed by atoms with E-state index in [2.05, 4.69) is 4.98 Å². The van der Waals surface area contributed by atoms with Gasteiger partial charge in [-0.15, -0.1) is 0 Å². The molecule has 1 fully saturated rings. The highest BCUT2D eigenvalue weighted by Crippen LogP contribution is 2.56. The summed E-state index contributed by atoms with van der Waals surface area (Å²) >= 11 is 6.08. The van der Waals surface area contributed by atoms with Crippen molar-refractivity contribution in [3.8, 4) is 11.5 Å². The molecule has 0 saturated carbocycles. The molecule has 1 saturated heterocycles. The topological polar surface area (TPSA) is 77.9 Å². The molecule has 192 valence electrons. The van der Waals surface area contributed by atoms with Crippen molar-refractivity contribution in [3.05, 3.63) is 86.9 Å². The smallest absolute Gasteiger partial charge is 0.368 e. The Labute approximate surface area is 215 Å². The summed E-state index contributed by atoms with van der Waals surface area (Å²) in [5.74, 6) is -0.335. The van der Waals surface area contributed by atoms with Gasteiger partial charge in [0.15, 0.2) is 17.9 Å². The summed E-state index contributed by atoms with van der Waals surface area (Å²) in [6.45, 7) is 7.69. The fourth-order valence-corrected chi connectivity index (χ4v) is 5.97. The number of benzene rings is 2. The number of aromatic nitrogens is 1. The summed E-state index contributed by atoms with van der Waals surface area (Å²) in [6.07, 6.45) is 0.0726. The zero-order valence-corrected chi connectivity index (χ0v) is 22.4. The molecule has 0 amide bonds. The standard InChI is InChI=1S/C27H30ClFNO5P/c1-16(2)27-23(31)9-8-21(30-27)14-22-17(3)12-25(26(29)18(22)4)33-15-36(32)34-11-10-24(35-36)19-6-5-7-20(28)13-19/h5-9,12-13,16,24,31H,10-11,14-15H2,1-4H3. The third-order valence-electron chi connectivity index (χ3n) is 6.24. The first-order chi connectivity index (χ1) is 17.1. The Morgan fingerprint density at radius 2 is 2.03 bits per heavy atom. The van der Waals surface area contributed by atoms with E-state index in [1.165, 1.54) is 0 Å². The van der Waals surface area contributed by atoms with Gasteiger partial charge in [-0.3, -0.25) is 14.1 Å². The summed E-state index contributed by atoms with van der Waals surface area (Å²) < 4.78 is 45.4. The van der Waals surface area contributed by atoms with Crippen molar-refractivity contribution < 1.29 is 27.8 Å².